The van der Waals surface area contributed by atoms with E-state index in [1.165, 1.54) is 16.8 Å². The van der Waals surface area contributed by atoms with E-state index in [9.17, 15) is 0 Å². The molecule has 2 rings (SSSR count). The maximum absolute atomic E-state index is 8.67. The molecule has 0 unspecified atom stereocenters. The molecule has 60 valence electrons. The zero-order valence-corrected chi connectivity index (χ0v) is 7.15. The largest absolute Gasteiger partial charge is 0.235 e. The zero-order valence-electron chi connectivity index (χ0n) is 6.40. The van der Waals surface area contributed by atoms with Gasteiger partial charge in [0, 0.05) is 0 Å². The predicted octanol–water partition coefficient (Wildman–Crippen LogP) is 0.0482. The van der Waals surface area contributed by atoms with E-state index in [2.05, 4.69) is 10.1 Å². The minimum Gasteiger partial charge on any atom is -0.235 e. The van der Waals surface area contributed by atoms with Crippen LogP contribution in [0.3, 0.4) is 0 Å². The van der Waals surface area contributed by atoms with Crippen molar-refractivity contribution in [3.05, 3.63) is 23.1 Å². The summed E-state index contributed by atoms with van der Waals surface area (Å²) < 4.78 is 1.32. The number of aromatic nitrogens is 3. The van der Waals surface area contributed by atoms with Crippen LogP contribution in [0.1, 0.15) is 5.69 Å². The number of nitrogens with zero attached hydrogens (tertiary/aromatic N) is 4. The van der Waals surface area contributed by atoms with Gasteiger partial charge in [0.1, 0.15) is 24.7 Å². The average Bonchev–Trinajstić information content (AvgIpc) is 2.47. The minimum absolute atomic E-state index is 0.236. The van der Waals surface area contributed by atoms with E-state index >= 15 is 0 Å². The smallest absolute Gasteiger partial charge is 0.162 e. The Kier molecular flexibility index (Phi) is 1.71. The normalized spacial score (nSPS) is 10.2. The van der Waals surface area contributed by atoms with Crippen molar-refractivity contribution < 1.29 is 0 Å². The van der Waals surface area contributed by atoms with Gasteiger partial charge in [-0.25, -0.2) is 9.50 Å². The molecule has 2 radical (unpaired) electrons. The van der Waals surface area contributed by atoms with Gasteiger partial charge in [-0.2, -0.15) is 10.4 Å². The van der Waals surface area contributed by atoms with Crippen LogP contribution in [0.5, 0.6) is 0 Å². The molecule has 0 saturated heterocycles. The third kappa shape index (κ3) is 1.16. The summed E-state index contributed by atoms with van der Waals surface area (Å²) in [5.41, 5.74) is 1.16. The first-order chi connectivity index (χ1) is 6.22. The van der Waals surface area contributed by atoms with E-state index < -0.39 is 0 Å². The summed E-state index contributed by atoms with van der Waals surface area (Å²) in [4.78, 5) is 3.92. The molecule has 0 saturated carbocycles. The fraction of sp³-hybridized carbons (Fsp3) is 0. The molecule has 0 fully saturated rings. The molecule has 0 bridgehead atoms. The Labute approximate surface area is 80.2 Å². The van der Waals surface area contributed by atoms with Gasteiger partial charge in [0.05, 0.1) is 6.20 Å². The first kappa shape index (κ1) is 8.08. The first-order valence-electron chi connectivity index (χ1n) is 3.42. The molecule has 0 aliphatic rings. The lowest BCUT2D eigenvalue weighted by Crippen LogP contribution is -2.10. The van der Waals surface area contributed by atoms with Crippen LogP contribution in [0.4, 0.5) is 0 Å². The summed E-state index contributed by atoms with van der Waals surface area (Å²) in [5.74, 6) is 0. The number of hydrogen-bond acceptors (Lipinski definition) is 3. The number of imidazole rings is 1. The van der Waals surface area contributed by atoms with Gasteiger partial charge >= 0.3 is 0 Å². The van der Waals surface area contributed by atoms with Crippen LogP contribution in [0.25, 0.3) is 5.65 Å². The molecule has 13 heavy (non-hydrogen) atoms. The average molecular weight is 188 g/mol. The summed E-state index contributed by atoms with van der Waals surface area (Å²) in [6, 6.07) is 3.42. The molecule has 2 aromatic heterocycles. The fourth-order valence-electron chi connectivity index (χ4n) is 1.04. The standard InChI is InChI=1S/C7H2BClN4/c8-5-1-6(9)12-13-4(2-10)3-11-7(5)13/h1,3H. The second-order valence-corrected chi connectivity index (χ2v) is 2.80. The molecular formula is C7H2BClN4. The molecule has 2 aromatic rings. The van der Waals surface area contributed by atoms with Crippen molar-refractivity contribution >= 4 is 30.6 Å². The number of halogens is 1. The van der Waals surface area contributed by atoms with Crippen molar-refractivity contribution in [2.75, 3.05) is 0 Å². The van der Waals surface area contributed by atoms with E-state index in [1.54, 1.807) is 0 Å². The molecule has 0 N–H and O–H groups in total. The molecule has 0 aromatic carbocycles. The Balaban J connectivity index is 2.92. The van der Waals surface area contributed by atoms with Gasteiger partial charge in [-0.1, -0.05) is 11.6 Å². The van der Waals surface area contributed by atoms with E-state index in [4.69, 9.17) is 24.7 Å². The van der Waals surface area contributed by atoms with Gasteiger partial charge in [0.2, 0.25) is 0 Å². The van der Waals surface area contributed by atoms with E-state index in [-0.39, 0.29) is 5.15 Å². The molecule has 6 heteroatoms. The molecule has 0 aliphatic carbocycles. The van der Waals surface area contributed by atoms with Gasteiger partial charge in [0.25, 0.3) is 0 Å². The summed E-state index contributed by atoms with van der Waals surface area (Å²) in [6.45, 7) is 0. The summed E-state index contributed by atoms with van der Waals surface area (Å²) in [6.07, 6.45) is 1.40. The zero-order chi connectivity index (χ0) is 9.42. The second-order valence-electron chi connectivity index (χ2n) is 2.41. The van der Waals surface area contributed by atoms with Gasteiger partial charge in [0.15, 0.2) is 5.69 Å². The maximum Gasteiger partial charge on any atom is 0.162 e. The first-order valence-corrected chi connectivity index (χ1v) is 3.80. The van der Waals surface area contributed by atoms with Crippen molar-refractivity contribution in [1.82, 2.24) is 14.6 Å². The van der Waals surface area contributed by atoms with Crippen molar-refractivity contribution in [3.8, 4) is 6.07 Å². The maximum atomic E-state index is 8.67. The van der Waals surface area contributed by atoms with Gasteiger partial charge in [-0.05, 0) is 11.5 Å². The lowest BCUT2D eigenvalue weighted by atomic mass is 9.99. The van der Waals surface area contributed by atoms with Crippen LogP contribution in [0.15, 0.2) is 12.3 Å². The highest BCUT2D eigenvalue weighted by Crippen LogP contribution is 2.05. The van der Waals surface area contributed by atoms with Gasteiger partial charge in [-0.15, -0.1) is 0 Å². The molecule has 0 spiro atoms. The molecular weight excluding hydrogens is 186 g/mol. The lowest BCUT2D eigenvalue weighted by Gasteiger charge is -1.98. The number of nitriles is 1. The van der Waals surface area contributed by atoms with Gasteiger partial charge < -0.3 is 0 Å². The third-order valence-corrected chi connectivity index (χ3v) is 1.77. The van der Waals surface area contributed by atoms with Crippen LogP contribution < -0.4 is 5.46 Å². The molecule has 2 heterocycles. The number of fused-ring (bicyclic) bond motifs is 1. The van der Waals surface area contributed by atoms with Crippen LogP contribution in [-0.4, -0.2) is 22.4 Å². The Morgan fingerprint density at radius 3 is 3.08 bits per heavy atom. The monoisotopic (exact) mass is 188 g/mol. The van der Waals surface area contributed by atoms with Crippen molar-refractivity contribution in [1.29, 1.82) is 5.26 Å². The highest BCUT2D eigenvalue weighted by molar-refractivity contribution is 6.38. The van der Waals surface area contributed by atoms with Crippen LogP contribution in [-0.2, 0) is 0 Å². The molecule has 0 amide bonds. The quantitative estimate of drug-likeness (QED) is 0.549. The Hall–Kier alpha value is -1.54. The topological polar surface area (TPSA) is 54.0 Å². The lowest BCUT2D eigenvalue weighted by molar-refractivity contribution is 0.926. The van der Waals surface area contributed by atoms with E-state index in [0.717, 1.165) is 0 Å². The fourth-order valence-corrected chi connectivity index (χ4v) is 1.23. The van der Waals surface area contributed by atoms with E-state index in [1.807, 2.05) is 6.07 Å². The van der Waals surface area contributed by atoms with Crippen molar-refractivity contribution in [2.45, 2.75) is 0 Å². The Bertz CT molecular complexity index is 513. The highest BCUT2D eigenvalue weighted by Gasteiger charge is 2.06. The molecule has 4 nitrogen and oxygen atoms in total. The summed E-state index contributed by atoms with van der Waals surface area (Å²) in [7, 11) is 5.61. The van der Waals surface area contributed by atoms with E-state index in [0.29, 0.717) is 16.8 Å². The molecule has 0 aliphatic heterocycles. The van der Waals surface area contributed by atoms with Crippen molar-refractivity contribution in [3.63, 3.8) is 0 Å². The number of hydrogen-bond donors (Lipinski definition) is 0. The second kappa shape index (κ2) is 2.75. The highest BCUT2D eigenvalue weighted by atomic mass is 35.5. The summed E-state index contributed by atoms with van der Waals surface area (Å²) >= 11 is 5.66. The number of rotatable bonds is 0. The van der Waals surface area contributed by atoms with Crippen LogP contribution in [0, 0.1) is 11.3 Å². The SMILES string of the molecule is [B]c1cc(Cl)nn2c(C#N)cnc12. The molecule has 0 atom stereocenters. The van der Waals surface area contributed by atoms with Crippen LogP contribution in [0.2, 0.25) is 5.15 Å². The third-order valence-electron chi connectivity index (χ3n) is 1.58. The van der Waals surface area contributed by atoms with Crippen molar-refractivity contribution in [2.24, 2.45) is 0 Å². The Morgan fingerprint density at radius 2 is 2.38 bits per heavy atom. The Morgan fingerprint density at radius 1 is 1.62 bits per heavy atom. The predicted molar refractivity (Wildman–Crippen MR) is 48.1 cm³/mol. The van der Waals surface area contributed by atoms with Gasteiger partial charge in [-0.3, -0.25) is 0 Å². The van der Waals surface area contributed by atoms with Crippen LogP contribution >= 0.6 is 11.6 Å². The minimum atomic E-state index is 0.236. The summed E-state index contributed by atoms with van der Waals surface area (Å²) in [5, 5.41) is 12.8.